The molecule has 4 nitrogen and oxygen atoms in total. The molecule has 0 unspecified atom stereocenters. The van der Waals surface area contributed by atoms with Crippen LogP contribution in [0.25, 0.3) is 99.8 Å². The van der Waals surface area contributed by atoms with E-state index < -0.39 is 0 Å². The summed E-state index contributed by atoms with van der Waals surface area (Å²) in [5.74, 6) is 0. The molecular weight excluding hydrogens is 777 g/mol. The molecule has 0 saturated heterocycles. The average Bonchev–Trinajstić information content (AvgIpc) is 3.80. The molecular formula is C60H46N4. The molecule has 3 aromatic heterocycles. The Morgan fingerprint density at radius 2 is 0.812 bits per heavy atom. The number of benzene rings is 8. The van der Waals surface area contributed by atoms with E-state index in [9.17, 15) is 5.26 Å². The van der Waals surface area contributed by atoms with Crippen molar-refractivity contribution in [3.63, 3.8) is 0 Å². The fourth-order valence-corrected chi connectivity index (χ4v) is 10.7. The number of rotatable bonds is 6. The van der Waals surface area contributed by atoms with Crippen LogP contribution in [0.4, 0.5) is 0 Å². The Labute approximate surface area is 374 Å². The van der Waals surface area contributed by atoms with Gasteiger partial charge in [-0.3, -0.25) is 0 Å². The van der Waals surface area contributed by atoms with Crippen molar-refractivity contribution in [1.29, 1.82) is 5.26 Å². The first-order valence-corrected chi connectivity index (χ1v) is 22.0. The van der Waals surface area contributed by atoms with Crippen molar-refractivity contribution in [2.45, 2.75) is 41.5 Å². The summed E-state index contributed by atoms with van der Waals surface area (Å²) in [5, 5.41) is 15.6. The minimum Gasteiger partial charge on any atom is -0.308 e. The molecule has 11 rings (SSSR count). The number of hydrogen-bond donors (Lipinski definition) is 0. The van der Waals surface area contributed by atoms with Crippen LogP contribution in [-0.2, 0) is 0 Å². The molecule has 0 aliphatic carbocycles. The van der Waals surface area contributed by atoms with Gasteiger partial charge in [0.05, 0.1) is 56.5 Å². The van der Waals surface area contributed by atoms with Gasteiger partial charge in [-0.05, 0) is 147 Å². The van der Waals surface area contributed by atoms with E-state index in [1.807, 2.05) is 6.07 Å². The monoisotopic (exact) mass is 822 g/mol. The molecule has 0 N–H and O–H groups in total. The van der Waals surface area contributed by atoms with Gasteiger partial charge < -0.3 is 9.13 Å². The molecule has 4 heteroatoms. The third kappa shape index (κ3) is 6.23. The Morgan fingerprint density at radius 1 is 0.375 bits per heavy atom. The van der Waals surface area contributed by atoms with Crippen molar-refractivity contribution in [2.75, 3.05) is 0 Å². The van der Waals surface area contributed by atoms with Gasteiger partial charge in [0.15, 0.2) is 0 Å². The normalized spacial score (nSPS) is 11.6. The van der Waals surface area contributed by atoms with Crippen molar-refractivity contribution in [3.8, 4) is 62.2 Å². The highest BCUT2D eigenvalue weighted by molar-refractivity contribution is 6.13. The van der Waals surface area contributed by atoms with Crippen LogP contribution >= 0.6 is 0 Å². The Bertz CT molecular complexity index is 3500. The standard InChI is InChI=1S/C60H46N4/c1-36-27-38(3)58(39(4)28-36)44-23-25-54-48(33-44)46-17-10-12-21-52(46)63(54)56-31-42(35-61)32-57(60(56)51-20-14-19-50(62-51)43-15-8-7-9-16-43)64-53-22-13-11-18-47(53)49-34-45(24-26-55(49)64)59-40(5)29-37(2)30-41(59)6/h7-34H,1-6H3. The molecule has 11 aromatic rings. The summed E-state index contributed by atoms with van der Waals surface area (Å²) in [5.41, 5.74) is 22.8. The Balaban J connectivity index is 1.25. The lowest BCUT2D eigenvalue weighted by Crippen LogP contribution is -2.06. The molecule has 0 fully saturated rings. The zero-order chi connectivity index (χ0) is 43.8. The Kier molecular flexibility index (Phi) is 9.19. The van der Waals surface area contributed by atoms with Crippen molar-refractivity contribution >= 4 is 43.6 Å². The summed E-state index contributed by atoms with van der Waals surface area (Å²) >= 11 is 0. The first-order valence-electron chi connectivity index (χ1n) is 22.0. The summed E-state index contributed by atoms with van der Waals surface area (Å²) in [4.78, 5) is 5.48. The molecule has 0 radical (unpaired) electrons. The number of fused-ring (bicyclic) bond motifs is 6. The van der Waals surface area contributed by atoms with Gasteiger partial charge in [0.1, 0.15) is 0 Å². The van der Waals surface area contributed by atoms with Crippen LogP contribution in [0.3, 0.4) is 0 Å². The second-order valence-electron chi connectivity index (χ2n) is 17.5. The third-order valence-corrected chi connectivity index (χ3v) is 13.1. The lowest BCUT2D eigenvalue weighted by molar-refractivity contribution is 1.12. The van der Waals surface area contributed by atoms with E-state index >= 15 is 0 Å². The number of para-hydroxylation sites is 2. The first kappa shape index (κ1) is 38.9. The van der Waals surface area contributed by atoms with E-state index in [2.05, 4.69) is 221 Å². The van der Waals surface area contributed by atoms with E-state index in [0.717, 1.165) is 77.5 Å². The smallest absolute Gasteiger partial charge is 0.0993 e. The SMILES string of the molecule is Cc1cc(C)c(-c2ccc3c(c2)c2ccccc2n3-c2cc(C#N)cc(-n3c4ccccc4c4cc(-c5c(C)cc(C)cc5C)ccc43)c2-c2cccc(-c3ccccc3)n2)c(C)c1. The van der Waals surface area contributed by atoms with E-state index in [0.29, 0.717) is 5.56 Å². The largest absolute Gasteiger partial charge is 0.308 e. The van der Waals surface area contributed by atoms with E-state index in [1.54, 1.807) is 0 Å². The molecule has 8 aromatic carbocycles. The number of nitrogens with zero attached hydrogens (tertiary/aromatic N) is 4. The van der Waals surface area contributed by atoms with E-state index in [4.69, 9.17) is 4.98 Å². The second kappa shape index (κ2) is 15.1. The first-order chi connectivity index (χ1) is 31.2. The predicted octanol–water partition coefficient (Wildman–Crippen LogP) is 15.7. The summed E-state index contributed by atoms with van der Waals surface area (Å²) in [7, 11) is 0. The molecule has 0 aliphatic heterocycles. The highest BCUT2D eigenvalue weighted by atomic mass is 15.0. The fourth-order valence-electron chi connectivity index (χ4n) is 10.7. The summed E-state index contributed by atoms with van der Waals surface area (Å²) in [6, 6.07) is 63.5. The van der Waals surface area contributed by atoms with Crippen molar-refractivity contribution in [3.05, 3.63) is 209 Å². The van der Waals surface area contributed by atoms with E-state index in [-0.39, 0.29) is 0 Å². The van der Waals surface area contributed by atoms with Gasteiger partial charge in [0, 0.05) is 32.7 Å². The van der Waals surface area contributed by atoms with Gasteiger partial charge in [-0.1, -0.05) is 120 Å². The van der Waals surface area contributed by atoms with Gasteiger partial charge in [-0.25, -0.2) is 4.98 Å². The lowest BCUT2D eigenvalue weighted by atomic mass is 9.93. The van der Waals surface area contributed by atoms with Crippen LogP contribution in [0.1, 0.15) is 38.9 Å². The van der Waals surface area contributed by atoms with Crippen LogP contribution in [0, 0.1) is 52.9 Å². The number of nitriles is 1. The molecule has 0 saturated carbocycles. The molecule has 0 amide bonds. The second-order valence-corrected chi connectivity index (χ2v) is 17.5. The van der Waals surface area contributed by atoms with Crippen LogP contribution in [0.5, 0.6) is 0 Å². The average molecular weight is 823 g/mol. The van der Waals surface area contributed by atoms with Crippen LogP contribution in [0.2, 0.25) is 0 Å². The Morgan fingerprint density at radius 3 is 1.30 bits per heavy atom. The van der Waals surface area contributed by atoms with Gasteiger partial charge in [-0.2, -0.15) is 5.26 Å². The summed E-state index contributed by atoms with van der Waals surface area (Å²) < 4.78 is 4.71. The highest BCUT2D eigenvalue weighted by Gasteiger charge is 2.25. The topological polar surface area (TPSA) is 46.5 Å². The summed E-state index contributed by atoms with van der Waals surface area (Å²) in [6.07, 6.45) is 0. The molecule has 0 bridgehead atoms. The highest BCUT2D eigenvalue weighted by Crippen LogP contribution is 2.44. The van der Waals surface area contributed by atoms with Crippen LogP contribution in [-0.4, -0.2) is 14.1 Å². The van der Waals surface area contributed by atoms with Crippen molar-refractivity contribution in [2.24, 2.45) is 0 Å². The number of aryl methyl sites for hydroxylation is 6. The maximum Gasteiger partial charge on any atom is 0.0993 e. The predicted molar refractivity (Wildman–Crippen MR) is 268 cm³/mol. The van der Waals surface area contributed by atoms with Crippen molar-refractivity contribution in [1.82, 2.24) is 14.1 Å². The molecule has 0 aliphatic rings. The molecule has 64 heavy (non-hydrogen) atoms. The van der Waals surface area contributed by atoms with Gasteiger partial charge >= 0.3 is 0 Å². The number of hydrogen-bond acceptors (Lipinski definition) is 2. The zero-order valence-corrected chi connectivity index (χ0v) is 37.0. The molecule has 306 valence electrons. The summed E-state index contributed by atoms with van der Waals surface area (Å²) in [6.45, 7) is 13.2. The fraction of sp³-hybridized carbons (Fsp3) is 0.100. The van der Waals surface area contributed by atoms with Crippen LogP contribution < -0.4 is 0 Å². The Hall–Kier alpha value is -8.00. The minimum absolute atomic E-state index is 0.565. The zero-order valence-electron chi connectivity index (χ0n) is 37.0. The molecule has 0 spiro atoms. The van der Waals surface area contributed by atoms with Gasteiger partial charge in [0.25, 0.3) is 0 Å². The number of aromatic nitrogens is 3. The van der Waals surface area contributed by atoms with Gasteiger partial charge in [0.2, 0.25) is 0 Å². The quantitative estimate of drug-likeness (QED) is 0.168. The molecule has 3 heterocycles. The lowest BCUT2D eigenvalue weighted by Gasteiger charge is -2.21. The minimum atomic E-state index is 0.565. The number of pyridine rings is 1. The van der Waals surface area contributed by atoms with Crippen LogP contribution in [0.15, 0.2) is 170 Å². The maximum absolute atomic E-state index is 11.0. The molecule has 0 atom stereocenters. The van der Waals surface area contributed by atoms with Gasteiger partial charge in [-0.15, -0.1) is 0 Å². The third-order valence-electron chi connectivity index (χ3n) is 13.1. The van der Waals surface area contributed by atoms with Crippen molar-refractivity contribution < 1.29 is 0 Å². The maximum atomic E-state index is 11.0. The van der Waals surface area contributed by atoms with E-state index in [1.165, 1.54) is 55.6 Å².